The van der Waals surface area contributed by atoms with Crippen LogP contribution in [-0.2, 0) is 10.8 Å². The quantitative estimate of drug-likeness (QED) is 0.129. The molecule has 0 bridgehead atoms. The third-order valence-electron chi connectivity index (χ3n) is 19.8. The number of aromatic nitrogens is 5. The van der Waals surface area contributed by atoms with Crippen LogP contribution in [0.5, 0.6) is 0 Å². The first kappa shape index (κ1) is 58.7. The standard InChI is InChI=1S/C90H71N5/c1-56-82(61-31-17-11-18-32-61)57(2)84(58(3)83(56)62-33-19-12-20-34-62)68-40-24-36-64(46-68)66-38-26-42-70(48-66)87-92-86(69-41-25-37-65(47-69)63-35-23-39-67(45-63)73-50-71(59-27-13-9-14-28-59)49-72(51-73)60-29-15-10-16-30-60)93-88(94-87)95-80-44-22-21-43-75(80)76-53-77-78(54-81(76)95)90(7,8)79-52-74(89(4,5)6)55-91-85(77)79/h9-55H,1-8H3. The van der Waals surface area contributed by atoms with E-state index in [1.807, 2.05) is 0 Å². The molecule has 15 aromatic rings. The van der Waals surface area contributed by atoms with Crippen molar-refractivity contribution in [2.24, 2.45) is 0 Å². The molecule has 0 unspecified atom stereocenters. The Morgan fingerprint density at radius 3 is 1.19 bits per heavy atom. The summed E-state index contributed by atoms with van der Waals surface area (Å²) in [6, 6.07) is 101. The highest BCUT2D eigenvalue weighted by Gasteiger charge is 2.39. The minimum Gasteiger partial charge on any atom is -0.278 e. The summed E-state index contributed by atoms with van der Waals surface area (Å²) in [5, 5.41) is 2.24. The Labute approximate surface area is 556 Å². The molecule has 0 aliphatic heterocycles. The average Bonchev–Trinajstić information content (AvgIpc) is 1.56. The van der Waals surface area contributed by atoms with E-state index in [1.165, 1.54) is 94.6 Å². The Hall–Kier alpha value is -11.4. The topological polar surface area (TPSA) is 56.5 Å². The van der Waals surface area contributed by atoms with E-state index >= 15 is 0 Å². The zero-order valence-electron chi connectivity index (χ0n) is 54.9. The third-order valence-corrected chi connectivity index (χ3v) is 19.8. The largest absolute Gasteiger partial charge is 0.278 e. The smallest absolute Gasteiger partial charge is 0.238 e. The number of benzene rings is 12. The van der Waals surface area contributed by atoms with E-state index < -0.39 is 0 Å². The average molecular weight is 1220 g/mol. The predicted molar refractivity (Wildman–Crippen MR) is 397 cm³/mol. The predicted octanol–water partition coefficient (Wildman–Crippen LogP) is 23.6. The summed E-state index contributed by atoms with van der Waals surface area (Å²) < 4.78 is 2.26. The number of nitrogens with zero attached hydrogens (tertiary/aromatic N) is 5. The summed E-state index contributed by atoms with van der Waals surface area (Å²) in [4.78, 5) is 21.9. The summed E-state index contributed by atoms with van der Waals surface area (Å²) in [7, 11) is 0. The van der Waals surface area contributed by atoms with Gasteiger partial charge in [-0.15, -0.1) is 0 Å². The number of pyridine rings is 1. The molecule has 0 amide bonds. The van der Waals surface area contributed by atoms with Crippen LogP contribution < -0.4 is 0 Å². The molecule has 3 aromatic heterocycles. The molecule has 5 nitrogen and oxygen atoms in total. The second kappa shape index (κ2) is 23.3. The van der Waals surface area contributed by atoms with E-state index in [0.717, 1.165) is 72.0 Å². The fourth-order valence-electron chi connectivity index (χ4n) is 14.9. The molecule has 0 saturated heterocycles. The molecule has 0 N–H and O–H groups in total. The SMILES string of the molecule is Cc1c(-c2ccccc2)c(C)c(-c2cccc(-c3cccc(-c4nc(-c5cccc(-c6cccc(-c7cc(-c8ccccc8)cc(-c8ccccc8)c7)c6)c5)nc(-n5c6ccccc6c6cc7c(cc65)C(C)(C)c5cc(C(C)(C)C)cnc5-7)n4)c3)c2)c(C)c1-c1ccccc1. The lowest BCUT2D eigenvalue weighted by Crippen LogP contribution is -2.18. The first-order valence-electron chi connectivity index (χ1n) is 33.0. The van der Waals surface area contributed by atoms with Gasteiger partial charge in [0.05, 0.1) is 16.7 Å². The molecule has 456 valence electrons. The summed E-state index contributed by atoms with van der Waals surface area (Å²) >= 11 is 0. The van der Waals surface area contributed by atoms with Gasteiger partial charge in [-0.3, -0.25) is 9.55 Å². The van der Waals surface area contributed by atoms with Crippen LogP contribution in [0.4, 0.5) is 0 Å². The van der Waals surface area contributed by atoms with Gasteiger partial charge in [-0.2, -0.15) is 9.97 Å². The van der Waals surface area contributed by atoms with Gasteiger partial charge in [-0.05, 0) is 209 Å². The molecular weight excluding hydrogens is 1150 g/mol. The molecule has 16 rings (SSSR count). The van der Waals surface area contributed by atoms with Gasteiger partial charge in [0.15, 0.2) is 11.6 Å². The molecule has 1 aliphatic rings. The van der Waals surface area contributed by atoms with Crippen LogP contribution >= 0.6 is 0 Å². The van der Waals surface area contributed by atoms with Crippen molar-refractivity contribution in [1.29, 1.82) is 0 Å². The lowest BCUT2D eigenvalue weighted by Gasteiger charge is -2.24. The van der Waals surface area contributed by atoms with Gasteiger partial charge in [0, 0.05) is 39.1 Å². The zero-order chi connectivity index (χ0) is 64.7. The number of fused-ring (bicyclic) bond motifs is 6. The van der Waals surface area contributed by atoms with Crippen LogP contribution in [0.1, 0.15) is 68.0 Å². The van der Waals surface area contributed by atoms with Gasteiger partial charge in [0.1, 0.15) is 0 Å². The van der Waals surface area contributed by atoms with Crippen LogP contribution in [0.2, 0.25) is 0 Å². The first-order chi connectivity index (χ1) is 46.2. The molecular formula is C90H71N5. The maximum absolute atomic E-state index is 5.60. The Morgan fingerprint density at radius 2 is 0.695 bits per heavy atom. The lowest BCUT2D eigenvalue weighted by molar-refractivity contribution is 0.581. The Bertz CT molecular complexity index is 5380. The van der Waals surface area contributed by atoms with Crippen molar-refractivity contribution >= 4 is 21.8 Å². The number of hydrogen-bond acceptors (Lipinski definition) is 4. The van der Waals surface area contributed by atoms with Crippen molar-refractivity contribution in [3.8, 4) is 129 Å². The number of hydrogen-bond donors (Lipinski definition) is 0. The minimum absolute atomic E-state index is 0.0474. The first-order valence-corrected chi connectivity index (χ1v) is 33.0. The van der Waals surface area contributed by atoms with Crippen LogP contribution in [0.15, 0.2) is 285 Å². The zero-order valence-corrected chi connectivity index (χ0v) is 54.9. The Balaban J connectivity index is 0.854. The van der Waals surface area contributed by atoms with Gasteiger partial charge in [0.2, 0.25) is 5.95 Å². The third kappa shape index (κ3) is 10.5. The van der Waals surface area contributed by atoms with E-state index in [2.05, 4.69) is 345 Å². The number of para-hydroxylation sites is 1. The summed E-state index contributed by atoms with van der Waals surface area (Å²) in [5.41, 5.74) is 31.8. The molecule has 0 radical (unpaired) electrons. The maximum atomic E-state index is 5.60. The summed E-state index contributed by atoms with van der Waals surface area (Å²) in [5.74, 6) is 1.69. The molecule has 12 aromatic carbocycles. The lowest BCUT2D eigenvalue weighted by atomic mass is 9.80. The fourth-order valence-corrected chi connectivity index (χ4v) is 14.9. The highest BCUT2D eigenvalue weighted by Crippen LogP contribution is 2.52. The van der Waals surface area contributed by atoms with Crippen molar-refractivity contribution in [3.63, 3.8) is 0 Å². The fraction of sp³-hybridized carbons (Fsp3) is 0.111. The molecule has 0 atom stereocenters. The summed E-state index contributed by atoms with van der Waals surface area (Å²) in [6.45, 7) is 18.3. The van der Waals surface area contributed by atoms with Crippen LogP contribution in [0.25, 0.3) is 151 Å². The molecule has 0 fully saturated rings. The highest BCUT2D eigenvalue weighted by atomic mass is 15.2. The van der Waals surface area contributed by atoms with Gasteiger partial charge < -0.3 is 0 Å². The van der Waals surface area contributed by atoms with Gasteiger partial charge in [-0.25, -0.2) is 4.98 Å². The van der Waals surface area contributed by atoms with Crippen LogP contribution in [-0.4, -0.2) is 24.5 Å². The second-order valence-electron chi connectivity index (χ2n) is 27.1. The number of rotatable bonds is 11. The van der Waals surface area contributed by atoms with Crippen molar-refractivity contribution in [3.05, 3.63) is 319 Å². The van der Waals surface area contributed by atoms with Crippen molar-refractivity contribution in [2.75, 3.05) is 0 Å². The molecule has 0 spiro atoms. The minimum atomic E-state index is -0.320. The summed E-state index contributed by atoms with van der Waals surface area (Å²) in [6.07, 6.45) is 2.07. The second-order valence-corrected chi connectivity index (χ2v) is 27.1. The molecule has 5 heteroatoms. The maximum Gasteiger partial charge on any atom is 0.238 e. The normalized spacial score (nSPS) is 12.5. The highest BCUT2D eigenvalue weighted by molar-refractivity contribution is 6.11. The molecule has 1 aliphatic carbocycles. The Morgan fingerprint density at radius 1 is 0.316 bits per heavy atom. The van der Waals surface area contributed by atoms with Crippen molar-refractivity contribution < 1.29 is 0 Å². The monoisotopic (exact) mass is 1220 g/mol. The van der Waals surface area contributed by atoms with Gasteiger partial charge >= 0.3 is 0 Å². The van der Waals surface area contributed by atoms with E-state index in [-0.39, 0.29) is 10.8 Å². The van der Waals surface area contributed by atoms with Crippen LogP contribution in [0, 0.1) is 20.8 Å². The van der Waals surface area contributed by atoms with E-state index in [4.69, 9.17) is 19.9 Å². The van der Waals surface area contributed by atoms with Crippen molar-refractivity contribution in [1.82, 2.24) is 24.5 Å². The van der Waals surface area contributed by atoms with E-state index in [9.17, 15) is 0 Å². The molecule has 95 heavy (non-hydrogen) atoms. The van der Waals surface area contributed by atoms with Gasteiger partial charge in [-0.1, -0.05) is 253 Å². The Kier molecular flexibility index (Phi) is 14.4. The molecule has 3 heterocycles. The van der Waals surface area contributed by atoms with E-state index in [1.54, 1.807) is 0 Å². The van der Waals surface area contributed by atoms with Crippen molar-refractivity contribution in [2.45, 2.75) is 66.2 Å². The van der Waals surface area contributed by atoms with Gasteiger partial charge in [0.25, 0.3) is 0 Å². The van der Waals surface area contributed by atoms with E-state index in [0.29, 0.717) is 17.6 Å². The van der Waals surface area contributed by atoms with Crippen LogP contribution in [0.3, 0.4) is 0 Å². The molecule has 0 saturated carbocycles.